The van der Waals surface area contributed by atoms with Crippen LogP contribution in [-0.2, 0) is 14.4 Å². The highest BCUT2D eigenvalue weighted by Gasteiger charge is 2.44. The highest BCUT2D eigenvalue weighted by molar-refractivity contribution is 5.69. The third kappa shape index (κ3) is 4.78. The number of carboxylic acid groups (broad SMARTS) is 1. The largest absolute Gasteiger partial charge is 0.481 e. The SMILES string of the molecule is CC1(C)CCCC(C)(C)N1OC(=O)CCCCC(=O)O. The molecule has 1 rings (SSSR count). The third-order valence-corrected chi connectivity index (χ3v) is 3.89. The lowest BCUT2D eigenvalue weighted by molar-refractivity contribution is -0.265. The fourth-order valence-corrected chi connectivity index (χ4v) is 2.92. The summed E-state index contributed by atoms with van der Waals surface area (Å²) < 4.78 is 0. The summed E-state index contributed by atoms with van der Waals surface area (Å²) in [4.78, 5) is 27.9. The van der Waals surface area contributed by atoms with E-state index in [1.807, 2.05) is 5.06 Å². The normalized spacial score (nSPS) is 21.4. The van der Waals surface area contributed by atoms with Gasteiger partial charge in [-0.2, -0.15) is 0 Å². The number of carbonyl (C=O) groups is 2. The van der Waals surface area contributed by atoms with Gasteiger partial charge in [-0.1, -0.05) is 0 Å². The van der Waals surface area contributed by atoms with E-state index < -0.39 is 5.97 Å². The molecule has 0 amide bonds. The van der Waals surface area contributed by atoms with Gasteiger partial charge in [-0.3, -0.25) is 9.59 Å². The van der Waals surface area contributed by atoms with Crippen molar-refractivity contribution in [3.63, 3.8) is 0 Å². The molecule has 1 N–H and O–H groups in total. The monoisotopic (exact) mass is 285 g/mol. The third-order valence-electron chi connectivity index (χ3n) is 3.89. The molecule has 0 aromatic rings. The molecule has 0 aliphatic carbocycles. The van der Waals surface area contributed by atoms with Crippen LogP contribution >= 0.6 is 0 Å². The average Bonchev–Trinajstić information content (AvgIpc) is 2.29. The predicted octanol–water partition coefficient (Wildman–Crippen LogP) is 3.13. The molecule has 0 aromatic carbocycles. The molecule has 0 unspecified atom stereocenters. The minimum atomic E-state index is -0.823. The van der Waals surface area contributed by atoms with Gasteiger partial charge in [0.2, 0.25) is 0 Å². The Kier molecular flexibility index (Phi) is 5.57. The second-order valence-electron chi connectivity index (χ2n) is 6.84. The van der Waals surface area contributed by atoms with Gasteiger partial charge in [0.05, 0.1) is 11.1 Å². The predicted molar refractivity (Wildman–Crippen MR) is 76.0 cm³/mol. The lowest BCUT2D eigenvalue weighted by Gasteiger charge is -2.50. The zero-order chi connectivity index (χ0) is 15.4. The zero-order valence-corrected chi connectivity index (χ0v) is 13.1. The van der Waals surface area contributed by atoms with Crippen LogP contribution in [-0.4, -0.2) is 33.2 Å². The van der Waals surface area contributed by atoms with Gasteiger partial charge in [-0.05, 0) is 59.8 Å². The van der Waals surface area contributed by atoms with E-state index in [2.05, 4.69) is 27.7 Å². The van der Waals surface area contributed by atoms with Crippen LogP contribution in [0.3, 0.4) is 0 Å². The summed E-state index contributed by atoms with van der Waals surface area (Å²) in [5.41, 5.74) is -0.309. The molecule has 0 aromatic heterocycles. The molecule has 1 aliphatic rings. The molecule has 5 nitrogen and oxygen atoms in total. The van der Waals surface area contributed by atoms with Crippen molar-refractivity contribution in [2.75, 3.05) is 0 Å². The molecule has 0 saturated carbocycles. The minimum absolute atomic E-state index is 0.105. The maximum absolute atomic E-state index is 11.9. The fourth-order valence-electron chi connectivity index (χ4n) is 2.92. The van der Waals surface area contributed by atoms with E-state index in [-0.39, 0.29) is 29.9 Å². The first-order chi connectivity index (χ1) is 9.15. The van der Waals surface area contributed by atoms with Crippen molar-refractivity contribution < 1.29 is 19.5 Å². The number of piperidine rings is 1. The second-order valence-corrected chi connectivity index (χ2v) is 6.84. The number of carboxylic acids is 1. The summed E-state index contributed by atoms with van der Waals surface area (Å²) in [5.74, 6) is -1.09. The first-order valence-corrected chi connectivity index (χ1v) is 7.38. The van der Waals surface area contributed by atoms with Gasteiger partial charge < -0.3 is 9.94 Å². The van der Waals surface area contributed by atoms with Crippen molar-refractivity contribution in [3.05, 3.63) is 0 Å². The average molecular weight is 285 g/mol. The van der Waals surface area contributed by atoms with E-state index in [0.717, 1.165) is 19.3 Å². The molecule has 0 bridgehead atoms. The van der Waals surface area contributed by atoms with Crippen LogP contribution in [0.25, 0.3) is 0 Å². The Morgan fingerprint density at radius 1 is 1.05 bits per heavy atom. The molecule has 116 valence electrons. The van der Waals surface area contributed by atoms with Gasteiger partial charge in [-0.15, -0.1) is 5.06 Å². The number of hydrogen-bond donors (Lipinski definition) is 1. The quantitative estimate of drug-likeness (QED) is 0.759. The Morgan fingerprint density at radius 3 is 2.05 bits per heavy atom. The highest BCUT2D eigenvalue weighted by Crippen LogP contribution is 2.38. The smallest absolute Gasteiger partial charge is 0.325 e. The second kappa shape index (κ2) is 6.57. The van der Waals surface area contributed by atoms with Crippen LogP contribution in [0.1, 0.15) is 72.6 Å². The van der Waals surface area contributed by atoms with Crippen molar-refractivity contribution >= 4 is 11.9 Å². The summed E-state index contributed by atoms with van der Waals surface area (Å²) >= 11 is 0. The molecule has 0 radical (unpaired) electrons. The van der Waals surface area contributed by atoms with Gasteiger partial charge in [0.15, 0.2) is 0 Å². The lowest BCUT2D eigenvalue weighted by Crippen LogP contribution is -2.58. The van der Waals surface area contributed by atoms with Gasteiger partial charge in [0, 0.05) is 12.8 Å². The number of hydrogen-bond acceptors (Lipinski definition) is 4. The summed E-state index contributed by atoms with van der Waals surface area (Å²) in [5, 5.41) is 10.4. The lowest BCUT2D eigenvalue weighted by atomic mass is 9.82. The summed E-state index contributed by atoms with van der Waals surface area (Å²) in [7, 11) is 0. The van der Waals surface area contributed by atoms with E-state index in [1.165, 1.54) is 0 Å². The van der Waals surface area contributed by atoms with E-state index in [4.69, 9.17) is 9.94 Å². The molecule has 1 fully saturated rings. The summed E-state index contributed by atoms with van der Waals surface area (Å²) in [6.07, 6.45) is 4.58. The maximum atomic E-state index is 11.9. The number of aliphatic carboxylic acids is 1. The van der Waals surface area contributed by atoms with E-state index in [0.29, 0.717) is 12.8 Å². The summed E-state index contributed by atoms with van der Waals surface area (Å²) in [6, 6.07) is 0. The van der Waals surface area contributed by atoms with E-state index >= 15 is 0 Å². The topological polar surface area (TPSA) is 66.8 Å². The Labute approximate surface area is 121 Å². The van der Waals surface area contributed by atoms with E-state index in [1.54, 1.807) is 0 Å². The van der Waals surface area contributed by atoms with Crippen LogP contribution < -0.4 is 0 Å². The van der Waals surface area contributed by atoms with Gasteiger partial charge in [0.1, 0.15) is 0 Å². The number of carbonyl (C=O) groups excluding carboxylic acids is 1. The Morgan fingerprint density at radius 2 is 1.55 bits per heavy atom. The molecular formula is C15H27NO4. The standard InChI is InChI=1S/C15H27NO4/c1-14(2)10-7-11-15(3,4)16(14)20-13(19)9-6-5-8-12(17)18/h5-11H2,1-4H3,(H,17,18). The van der Waals surface area contributed by atoms with Crippen molar-refractivity contribution in [1.82, 2.24) is 5.06 Å². The van der Waals surface area contributed by atoms with Gasteiger partial charge in [-0.25, -0.2) is 0 Å². The first kappa shape index (κ1) is 17.0. The molecule has 20 heavy (non-hydrogen) atoms. The van der Waals surface area contributed by atoms with Crippen LogP contribution in [0, 0.1) is 0 Å². The molecule has 1 aliphatic heterocycles. The molecule has 5 heteroatoms. The van der Waals surface area contributed by atoms with Crippen molar-refractivity contribution in [1.29, 1.82) is 0 Å². The molecule has 1 saturated heterocycles. The Bertz CT molecular complexity index is 347. The highest BCUT2D eigenvalue weighted by atomic mass is 16.7. The van der Waals surface area contributed by atoms with Crippen LogP contribution in [0.5, 0.6) is 0 Å². The minimum Gasteiger partial charge on any atom is -0.481 e. The number of rotatable bonds is 6. The maximum Gasteiger partial charge on any atom is 0.325 e. The zero-order valence-electron chi connectivity index (χ0n) is 13.1. The van der Waals surface area contributed by atoms with Crippen molar-refractivity contribution in [3.8, 4) is 0 Å². The van der Waals surface area contributed by atoms with Gasteiger partial charge in [0.25, 0.3) is 0 Å². The Balaban J connectivity index is 2.48. The number of unbranched alkanes of at least 4 members (excludes halogenated alkanes) is 1. The molecule has 0 atom stereocenters. The van der Waals surface area contributed by atoms with Crippen LogP contribution in [0.15, 0.2) is 0 Å². The van der Waals surface area contributed by atoms with Gasteiger partial charge >= 0.3 is 11.9 Å². The van der Waals surface area contributed by atoms with E-state index in [9.17, 15) is 9.59 Å². The molecule has 0 spiro atoms. The first-order valence-electron chi connectivity index (χ1n) is 7.38. The number of hydroxylamine groups is 2. The molecular weight excluding hydrogens is 258 g/mol. The fraction of sp³-hybridized carbons (Fsp3) is 0.867. The van der Waals surface area contributed by atoms with Crippen LogP contribution in [0.4, 0.5) is 0 Å². The Hall–Kier alpha value is -1.10. The van der Waals surface area contributed by atoms with Crippen molar-refractivity contribution in [2.45, 2.75) is 83.7 Å². The number of nitrogens with zero attached hydrogens (tertiary/aromatic N) is 1. The summed E-state index contributed by atoms with van der Waals surface area (Å²) in [6.45, 7) is 8.36. The van der Waals surface area contributed by atoms with Crippen LogP contribution in [0.2, 0.25) is 0 Å². The van der Waals surface area contributed by atoms with Crippen molar-refractivity contribution in [2.24, 2.45) is 0 Å². The molecule has 1 heterocycles.